The minimum atomic E-state index is -0.966. The van der Waals surface area contributed by atoms with Gasteiger partial charge in [-0.3, -0.25) is 0 Å². The zero-order chi connectivity index (χ0) is 14.7. The summed E-state index contributed by atoms with van der Waals surface area (Å²) in [5.74, 6) is -0.175. The Morgan fingerprint density at radius 3 is 2.55 bits per heavy atom. The number of carboxylic acid groups (broad SMARTS) is 1. The summed E-state index contributed by atoms with van der Waals surface area (Å²) < 4.78 is 5.44. The molecule has 0 saturated carbocycles. The molecule has 2 rings (SSSR count). The van der Waals surface area contributed by atoms with E-state index in [0.717, 1.165) is 16.9 Å². The fourth-order valence-electron chi connectivity index (χ4n) is 2.06. The number of carbonyl (C=O) groups is 1. The van der Waals surface area contributed by atoms with Gasteiger partial charge in [0.2, 0.25) is 0 Å². The summed E-state index contributed by atoms with van der Waals surface area (Å²) in [5, 5.41) is 9.60. The van der Waals surface area contributed by atoms with Crippen molar-refractivity contribution in [3.8, 4) is 16.9 Å². The molecule has 0 aliphatic rings. The number of aryl methyl sites for hydroxylation is 1. The lowest BCUT2D eigenvalue weighted by molar-refractivity contribution is 0.0697. The van der Waals surface area contributed by atoms with Gasteiger partial charge in [0, 0.05) is 10.6 Å². The molecule has 0 unspecified atom stereocenters. The summed E-state index contributed by atoms with van der Waals surface area (Å²) in [6.07, 6.45) is 0. The van der Waals surface area contributed by atoms with Crippen LogP contribution < -0.4 is 4.74 Å². The second kappa shape index (κ2) is 5.97. The van der Waals surface area contributed by atoms with Crippen molar-refractivity contribution in [1.82, 2.24) is 0 Å². The number of benzene rings is 2. The molecule has 0 heterocycles. The summed E-state index contributed by atoms with van der Waals surface area (Å²) in [6.45, 7) is 4.48. The van der Waals surface area contributed by atoms with Gasteiger partial charge in [0.25, 0.3) is 0 Å². The molecule has 0 amide bonds. The molecule has 0 atom stereocenters. The van der Waals surface area contributed by atoms with Gasteiger partial charge < -0.3 is 9.84 Å². The first-order valence-corrected chi connectivity index (χ1v) is 6.67. The number of halogens is 1. The van der Waals surface area contributed by atoms with E-state index >= 15 is 0 Å². The Morgan fingerprint density at radius 2 is 1.95 bits per heavy atom. The highest BCUT2D eigenvalue weighted by Gasteiger charge is 2.11. The van der Waals surface area contributed by atoms with Crippen LogP contribution in [0, 0.1) is 6.92 Å². The summed E-state index contributed by atoms with van der Waals surface area (Å²) in [5.41, 5.74) is 2.83. The fraction of sp³-hybridized carbons (Fsp3) is 0.188. The van der Waals surface area contributed by atoms with Crippen LogP contribution in [0.4, 0.5) is 0 Å². The predicted molar refractivity (Wildman–Crippen MR) is 79.8 cm³/mol. The van der Waals surface area contributed by atoms with Gasteiger partial charge >= 0.3 is 5.97 Å². The highest BCUT2D eigenvalue weighted by Crippen LogP contribution is 2.33. The second-order valence-corrected chi connectivity index (χ2v) is 4.82. The van der Waals surface area contributed by atoms with Crippen molar-refractivity contribution < 1.29 is 14.6 Å². The SMILES string of the molecule is CCOc1ccc(-c2cc(C(=O)O)ccc2Cl)c(C)c1. The number of carboxylic acids is 1. The van der Waals surface area contributed by atoms with Gasteiger partial charge in [-0.1, -0.05) is 17.7 Å². The van der Waals surface area contributed by atoms with E-state index in [9.17, 15) is 4.79 Å². The Hall–Kier alpha value is -2.00. The average Bonchev–Trinajstić information content (AvgIpc) is 2.40. The van der Waals surface area contributed by atoms with Crippen molar-refractivity contribution in [1.29, 1.82) is 0 Å². The third-order valence-corrected chi connectivity index (χ3v) is 3.34. The fourth-order valence-corrected chi connectivity index (χ4v) is 2.28. The lowest BCUT2D eigenvalue weighted by Crippen LogP contribution is -1.97. The number of hydrogen-bond donors (Lipinski definition) is 1. The van der Waals surface area contributed by atoms with Crippen LogP contribution in [0.2, 0.25) is 5.02 Å². The Balaban J connectivity index is 2.50. The van der Waals surface area contributed by atoms with Crippen molar-refractivity contribution in [2.45, 2.75) is 13.8 Å². The Labute approximate surface area is 122 Å². The van der Waals surface area contributed by atoms with Gasteiger partial charge in [0.05, 0.1) is 12.2 Å². The van der Waals surface area contributed by atoms with Crippen LogP contribution in [-0.2, 0) is 0 Å². The summed E-state index contributed by atoms with van der Waals surface area (Å²) in [7, 11) is 0. The van der Waals surface area contributed by atoms with Crippen LogP contribution in [0.25, 0.3) is 11.1 Å². The topological polar surface area (TPSA) is 46.5 Å². The zero-order valence-corrected chi connectivity index (χ0v) is 12.1. The molecule has 0 spiro atoms. The summed E-state index contributed by atoms with van der Waals surface area (Å²) in [4.78, 5) is 11.1. The van der Waals surface area contributed by atoms with E-state index in [1.165, 1.54) is 6.07 Å². The Kier molecular flexibility index (Phi) is 4.30. The van der Waals surface area contributed by atoms with Crippen molar-refractivity contribution in [2.75, 3.05) is 6.61 Å². The largest absolute Gasteiger partial charge is 0.494 e. The minimum Gasteiger partial charge on any atom is -0.494 e. The van der Waals surface area contributed by atoms with Crippen molar-refractivity contribution in [3.05, 3.63) is 52.5 Å². The Bertz CT molecular complexity index is 650. The van der Waals surface area contributed by atoms with Gasteiger partial charge in [-0.25, -0.2) is 4.79 Å². The molecule has 2 aromatic rings. The van der Waals surface area contributed by atoms with E-state index < -0.39 is 5.97 Å². The molecule has 3 nitrogen and oxygen atoms in total. The number of hydrogen-bond acceptors (Lipinski definition) is 2. The molecular weight excluding hydrogens is 276 g/mol. The van der Waals surface area contributed by atoms with Gasteiger partial charge in [-0.05, 0) is 55.3 Å². The van der Waals surface area contributed by atoms with Crippen LogP contribution in [0.5, 0.6) is 5.75 Å². The molecule has 104 valence electrons. The summed E-state index contributed by atoms with van der Waals surface area (Å²) in [6, 6.07) is 10.4. The highest BCUT2D eigenvalue weighted by atomic mass is 35.5. The molecule has 1 N–H and O–H groups in total. The first-order chi connectivity index (χ1) is 9.52. The standard InChI is InChI=1S/C16H15ClO3/c1-3-20-12-5-6-13(10(2)8-12)14-9-11(16(18)19)4-7-15(14)17/h4-9H,3H2,1-2H3,(H,18,19). The third-order valence-electron chi connectivity index (χ3n) is 3.01. The zero-order valence-electron chi connectivity index (χ0n) is 11.3. The van der Waals surface area contributed by atoms with Crippen LogP contribution in [0.15, 0.2) is 36.4 Å². The van der Waals surface area contributed by atoms with Gasteiger partial charge in [-0.2, -0.15) is 0 Å². The van der Waals surface area contributed by atoms with Crippen LogP contribution >= 0.6 is 11.6 Å². The maximum absolute atomic E-state index is 11.1. The molecule has 0 aromatic heterocycles. The molecule has 0 radical (unpaired) electrons. The molecular formula is C16H15ClO3. The van der Waals surface area contributed by atoms with Gasteiger partial charge in [-0.15, -0.1) is 0 Å². The van der Waals surface area contributed by atoms with Crippen molar-refractivity contribution >= 4 is 17.6 Å². The molecule has 0 aliphatic heterocycles. The van der Waals surface area contributed by atoms with Crippen LogP contribution in [0.3, 0.4) is 0 Å². The minimum absolute atomic E-state index is 0.220. The van der Waals surface area contributed by atoms with E-state index in [2.05, 4.69) is 0 Å². The molecule has 0 bridgehead atoms. The molecule has 20 heavy (non-hydrogen) atoms. The maximum Gasteiger partial charge on any atom is 0.335 e. The first-order valence-electron chi connectivity index (χ1n) is 6.29. The number of ether oxygens (including phenoxy) is 1. The quantitative estimate of drug-likeness (QED) is 0.907. The first kappa shape index (κ1) is 14.4. The van der Waals surface area contributed by atoms with Gasteiger partial charge in [0.1, 0.15) is 5.75 Å². The molecule has 0 saturated heterocycles. The highest BCUT2D eigenvalue weighted by molar-refractivity contribution is 6.33. The van der Waals surface area contributed by atoms with Crippen molar-refractivity contribution in [3.63, 3.8) is 0 Å². The average molecular weight is 291 g/mol. The van der Waals surface area contributed by atoms with E-state index in [0.29, 0.717) is 17.2 Å². The maximum atomic E-state index is 11.1. The number of rotatable bonds is 4. The number of aromatic carboxylic acids is 1. The smallest absolute Gasteiger partial charge is 0.335 e. The summed E-state index contributed by atoms with van der Waals surface area (Å²) >= 11 is 6.18. The normalized spacial score (nSPS) is 10.3. The lowest BCUT2D eigenvalue weighted by atomic mass is 9.98. The predicted octanol–water partition coefficient (Wildman–Crippen LogP) is 4.41. The third kappa shape index (κ3) is 2.94. The molecule has 4 heteroatoms. The van der Waals surface area contributed by atoms with Crippen LogP contribution in [-0.4, -0.2) is 17.7 Å². The monoisotopic (exact) mass is 290 g/mol. The molecule has 0 fully saturated rings. The van der Waals surface area contributed by atoms with E-state index in [4.69, 9.17) is 21.4 Å². The lowest BCUT2D eigenvalue weighted by Gasteiger charge is -2.11. The second-order valence-electron chi connectivity index (χ2n) is 4.41. The van der Waals surface area contributed by atoms with E-state index in [1.54, 1.807) is 12.1 Å². The molecule has 2 aromatic carbocycles. The molecule has 0 aliphatic carbocycles. The van der Waals surface area contributed by atoms with Crippen LogP contribution in [0.1, 0.15) is 22.8 Å². The van der Waals surface area contributed by atoms with E-state index in [-0.39, 0.29) is 5.56 Å². The van der Waals surface area contributed by atoms with Gasteiger partial charge in [0.15, 0.2) is 0 Å². The van der Waals surface area contributed by atoms with Crippen molar-refractivity contribution in [2.24, 2.45) is 0 Å². The Morgan fingerprint density at radius 1 is 1.20 bits per heavy atom. The van der Waals surface area contributed by atoms with E-state index in [1.807, 2.05) is 32.0 Å².